The van der Waals surface area contributed by atoms with Crippen molar-refractivity contribution in [3.8, 4) is 0 Å². The van der Waals surface area contributed by atoms with Crippen molar-refractivity contribution in [3.63, 3.8) is 0 Å². The molecular weight excluding hydrogens is 606 g/mol. The molecule has 0 N–H and O–H groups in total. The van der Waals surface area contributed by atoms with Gasteiger partial charge < -0.3 is 19.1 Å². The normalized spacial score (nSPS) is 12.6. The molecule has 0 aliphatic heterocycles. The number of rotatable bonds is 40. The van der Waals surface area contributed by atoms with Crippen LogP contribution in [0.1, 0.15) is 200 Å². The number of ether oxygens (including phenoxy) is 3. The van der Waals surface area contributed by atoms with E-state index in [1.165, 1.54) is 167 Å². The van der Waals surface area contributed by atoms with E-state index in [1.807, 2.05) is 19.0 Å². The molecule has 0 spiro atoms. The van der Waals surface area contributed by atoms with Gasteiger partial charge in [-0.25, -0.2) is 0 Å². The Hall–Kier alpha value is -1.17. The van der Waals surface area contributed by atoms with Crippen molar-refractivity contribution < 1.29 is 19.0 Å². The Labute approximate surface area is 306 Å². The lowest BCUT2D eigenvalue weighted by atomic mass is 10.1. The van der Waals surface area contributed by atoms with Crippen LogP contribution in [0.3, 0.4) is 0 Å². The average molecular weight is 692 g/mol. The highest BCUT2D eigenvalue weighted by Gasteiger charge is 2.13. The number of hydrogen-bond acceptors (Lipinski definition) is 5. The van der Waals surface area contributed by atoms with Crippen LogP contribution in [0.5, 0.6) is 0 Å². The molecule has 5 heteroatoms. The molecular formula is C44H85NO4. The molecule has 5 nitrogen and oxygen atoms in total. The highest BCUT2D eigenvalue weighted by Crippen LogP contribution is 2.12. The van der Waals surface area contributed by atoms with Gasteiger partial charge in [0.1, 0.15) is 12.7 Å². The minimum atomic E-state index is -0.180. The minimum Gasteiger partial charge on any atom is -0.463 e. The van der Waals surface area contributed by atoms with Crippen LogP contribution in [0.4, 0.5) is 0 Å². The summed E-state index contributed by atoms with van der Waals surface area (Å²) in [7, 11) is 3.94. The molecule has 0 aliphatic rings. The first-order valence-electron chi connectivity index (χ1n) is 21.4. The third-order valence-corrected chi connectivity index (χ3v) is 9.31. The first-order chi connectivity index (χ1) is 24.1. The number of carbonyl (C=O) groups excluding carboxylic acids is 1. The van der Waals surface area contributed by atoms with Gasteiger partial charge >= 0.3 is 5.97 Å². The van der Waals surface area contributed by atoms with Crippen LogP contribution in [0.2, 0.25) is 0 Å². The molecule has 1 atom stereocenters. The van der Waals surface area contributed by atoms with Crippen LogP contribution in [0.25, 0.3) is 0 Å². The van der Waals surface area contributed by atoms with E-state index in [4.69, 9.17) is 14.2 Å². The lowest BCUT2D eigenvalue weighted by Gasteiger charge is -2.19. The van der Waals surface area contributed by atoms with Crippen molar-refractivity contribution in [1.29, 1.82) is 0 Å². The Morgan fingerprint density at radius 1 is 0.510 bits per heavy atom. The highest BCUT2D eigenvalue weighted by molar-refractivity contribution is 5.69. The summed E-state index contributed by atoms with van der Waals surface area (Å²) in [4.78, 5) is 14.2. The number of hydrogen-bond donors (Lipinski definition) is 0. The molecule has 0 rings (SSSR count). The summed E-state index contributed by atoms with van der Waals surface area (Å²) < 4.78 is 17.7. The third-order valence-electron chi connectivity index (χ3n) is 9.31. The Morgan fingerprint density at radius 3 is 1.33 bits per heavy atom. The van der Waals surface area contributed by atoms with Crippen molar-refractivity contribution >= 4 is 5.97 Å². The number of carbonyl (C=O) groups is 1. The molecule has 290 valence electrons. The zero-order valence-electron chi connectivity index (χ0n) is 33.5. The number of unbranched alkanes of at least 4 members (excludes halogenated alkanes) is 24. The summed E-state index contributed by atoms with van der Waals surface area (Å²) in [6.45, 7) is 7.50. The maximum Gasteiger partial charge on any atom is 0.307 e. The quantitative estimate of drug-likeness (QED) is 0.0364. The zero-order valence-corrected chi connectivity index (χ0v) is 33.5. The van der Waals surface area contributed by atoms with Crippen LogP contribution >= 0.6 is 0 Å². The van der Waals surface area contributed by atoms with E-state index in [-0.39, 0.29) is 18.7 Å². The second-order valence-electron chi connectivity index (χ2n) is 14.7. The van der Waals surface area contributed by atoms with Crippen molar-refractivity contribution in [2.75, 3.05) is 47.1 Å². The Balaban J connectivity index is 3.89. The van der Waals surface area contributed by atoms with Crippen molar-refractivity contribution in [3.05, 3.63) is 24.3 Å². The lowest BCUT2D eigenvalue weighted by molar-refractivity contribution is -0.150. The monoisotopic (exact) mass is 692 g/mol. The van der Waals surface area contributed by atoms with Gasteiger partial charge in [-0.15, -0.1) is 0 Å². The SMILES string of the molecule is CCCCCCCC/C=C\CCCCCCCCOCC(COC(=O)CCN(C)C)OCCCCCCCC/C=C\CCCCCCCC. The first kappa shape index (κ1) is 47.8. The van der Waals surface area contributed by atoms with Crippen molar-refractivity contribution in [2.45, 2.75) is 206 Å². The fourth-order valence-corrected chi connectivity index (χ4v) is 5.98. The standard InChI is InChI=1S/C44H85NO4/c1-5-7-9-11-13-15-17-19-21-23-25-27-29-31-33-35-39-47-41-43(42-49-44(46)37-38-45(3)4)48-40-36-34-32-30-28-26-24-22-20-18-16-14-12-10-8-6-2/h19-22,43H,5-18,23-42H2,1-4H3/b21-19-,22-20-. The van der Waals surface area contributed by atoms with E-state index in [0.717, 1.165) is 19.4 Å². The molecule has 0 bridgehead atoms. The van der Waals surface area contributed by atoms with E-state index in [2.05, 4.69) is 38.2 Å². The van der Waals surface area contributed by atoms with Crippen LogP contribution in [0.15, 0.2) is 24.3 Å². The molecule has 49 heavy (non-hydrogen) atoms. The van der Waals surface area contributed by atoms with Gasteiger partial charge in [0, 0.05) is 19.8 Å². The van der Waals surface area contributed by atoms with E-state index >= 15 is 0 Å². The van der Waals surface area contributed by atoms with Crippen molar-refractivity contribution in [1.82, 2.24) is 4.90 Å². The topological polar surface area (TPSA) is 48.0 Å². The van der Waals surface area contributed by atoms with Crippen molar-refractivity contribution in [2.24, 2.45) is 0 Å². The van der Waals surface area contributed by atoms with Gasteiger partial charge in [0.25, 0.3) is 0 Å². The van der Waals surface area contributed by atoms with Crippen LogP contribution in [0, 0.1) is 0 Å². The molecule has 0 aliphatic carbocycles. The van der Waals surface area contributed by atoms with Gasteiger partial charge in [0.05, 0.1) is 13.0 Å². The van der Waals surface area contributed by atoms with Gasteiger partial charge in [-0.2, -0.15) is 0 Å². The van der Waals surface area contributed by atoms with Gasteiger partial charge in [-0.1, -0.05) is 154 Å². The first-order valence-corrected chi connectivity index (χ1v) is 21.4. The molecule has 0 radical (unpaired) electrons. The van der Waals surface area contributed by atoms with E-state index in [9.17, 15) is 4.79 Å². The molecule has 0 aromatic rings. The number of nitrogens with zero attached hydrogens (tertiary/aromatic N) is 1. The molecule has 0 amide bonds. The summed E-state index contributed by atoms with van der Waals surface area (Å²) in [5.74, 6) is -0.159. The molecule has 0 aromatic heterocycles. The van der Waals surface area contributed by atoms with Gasteiger partial charge in [-0.05, 0) is 78.3 Å². The zero-order chi connectivity index (χ0) is 35.7. The second-order valence-corrected chi connectivity index (χ2v) is 14.7. The average Bonchev–Trinajstić information content (AvgIpc) is 3.10. The Morgan fingerprint density at radius 2 is 0.898 bits per heavy atom. The molecule has 0 saturated carbocycles. The molecule has 1 unspecified atom stereocenters. The van der Waals surface area contributed by atoms with Gasteiger partial charge in [-0.3, -0.25) is 4.79 Å². The molecule has 0 fully saturated rings. The minimum absolute atomic E-state index is 0.159. The van der Waals surface area contributed by atoms with E-state index < -0.39 is 0 Å². The summed E-state index contributed by atoms with van der Waals surface area (Å²) >= 11 is 0. The maximum absolute atomic E-state index is 12.2. The maximum atomic E-state index is 12.2. The van der Waals surface area contributed by atoms with Gasteiger partial charge in [0.15, 0.2) is 0 Å². The number of esters is 1. The van der Waals surface area contributed by atoms with Gasteiger partial charge in [0.2, 0.25) is 0 Å². The smallest absolute Gasteiger partial charge is 0.307 e. The summed E-state index contributed by atoms with van der Waals surface area (Å²) in [6, 6.07) is 0. The lowest BCUT2D eigenvalue weighted by Crippen LogP contribution is -2.28. The second kappa shape index (κ2) is 41.3. The van der Waals surface area contributed by atoms with Crippen LogP contribution in [-0.2, 0) is 19.0 Å². The summed E-state index contributed by atoms with van der Waals surface area (Å²) in [5, 5.41) is 0. The fraction of sp³-hybridized carbons (Fsp3) is 0.886. The summed E-state index contributed by atoms with van der Waals surface area (Å²) in [5.41, 5.74) is 0. The Bertz CT molecular complexity index is 707. The van der Waals surface area contributed by atoms with E-state index in [1.54, 1.807) is 0 Å². The predicted octanol–water partition coefficient (Wildman–Crippen LogP) is 13.0. The number of allylic oxidation sites excluding steroid dienone is 4. The van der Waals surface area contributed by atoms with Crippen LogP contribution < -0.4 is 0 Å². The molecule has 0 saturated heterocycles. The molecule has 0 heterocycles. The third kappa shape index (κ3) is 41.1. The highest BCUT2D eigenvalue weighted by atomic mass is 16.6. The van der Waals surface area contributed by atoms with E-state index in [0.29, 0.717) is 26.2 Å². The predicted molar refractivity (Wildman–Crippen MR) is 214 cm³/mol. The summed E-state index contributed by atoms with van der Waals surface area (Å²) in [6.07, 6.45) is 46.4. The molecule has 0 aromatic carbocycles. The van der Waals surface area contributed by atoms with Crippen LogP contribution in [-0.4, -0.2) is 64.0 Å². The Kier molecular flexibility index (Phi) is 40.3. The largest absolute Gasteiger partial charge is 0.463 e. The fourth-order valence-electron chi connectivity index (χ4n) is 5.98.